The zero-order chi connectivity index (χ0) is 15.2. The molecular formula is C18H23N3O. The molecule has 0 bridgehead atoms. The largest absolute Gasteiger partial charge is 0.361 e. The number of rotatable bonds is 7. The van der Waals surface area contributed by atoms with E-state index in [1.54, 1.807) is 0 Å². The van der Waals surface area contributed by atoms with Crippen molar-refractivity contribution in [2.24, 2.45) is 0 Å². The molecular weight excluding hydrogens is 274 g/mol. The summed E-state index contributed by atoms with van der Waals surface area (Å²) >= 11 is 0. The number of aromatic nitrogens is 1. The van der Waals surface area contributed by atoms with Crippen molar-refractivity contribution in [3.8, 4) is 11.3 Å². The van der Waals surface area contributed by atoms with Crippen LogP contribution in [0.3, 0.4) is 0 Å². The molecule has 4 nitrogen and oxygen atoms in total. The summed E-state index contributed by atoms with van der Waals surface area (Å²) in [5.41, 5.74) is 2.03. The minimum atomic E-state index is 0.922. The molecule has 0 N–H and O–H groups in total. The minimum Gasteiger partial charge on any atom is -0.361 e. The first kappa shape index (κ1) is 14.9. The van der Waals surface area contributed by atoms with E-state index < -0.39 is 0 Å². The molecule has 0 aliphatic carbocycles. The summed E-state index contributed by atoms with van der Waals surface area (Å²) in [6.07, 6.45) is 7.58. The van der Waals surface area contributed by atoms with Crippen molar-refractivity contribution in [2.75, 3.05) is 19.6 Å². The van der Waals surface area contributed by atoms with E-state index in [0.717, 1.165) is 49.5 Å². The topological polar surface area (TPSA) is 32.5 Å². The van der Waals surface area contributed by atoms with Gasteiger partial charge in [-0.25, -0.2) is 5.01 Å². The predicted octanol–water partition coefficient (Wildman–Crippen LogP) is 3.73. The fraction of sp³-hybridized carbons (Fsp3) is 0.389. The Labute approximate surface area is 132 Å². The molecule has 1 aromatic carbocycles. The SMILES string of the molecule is CCCN1C=CCN1CCCc1cc(-c2ccccc2)no1. The highest BCUT2D eigenvalue weighted by atomic mass is 16.5. The van der Waals surface area contributed by atoms with Gasteiger partial charge in [-0.3, -0.25) is 0 Å². The summed E-state index contributed by atoms with van der Waals surface area (Å²) in [5.74, 6) is 0.966. The lowest BCUT2D eigenvalue weighted by molar-refractivity contribution is 0.0505. The molecule has 0 saturated heterocycles. The lowest BCUT2D eigenvalue weighted by Gasteiger charge is -2.28. The van der Waals surface area contributed by atoms with E-state index >= 15 is 0 Å². The van der Waals surface area contributed by atoms with Crippen LogP contribution in [-0.2, 0) is 6.42 Å². The first-order chi connectivity index (χ1) is 10.9. The van der Waals surface area contributed by atoms with Crippen molar-refractivity contribution in [3.05, 3.63) is 54.4 Å². The molecule has 2 aromatic rings. The Hall–Kier alpha value is -2.07. The van der Waals surface area contributed by atoms with Crippen molar-refractivity contribution in [1.29, 1.82) is 0 Å². The van der Waals surface area contributed by atoms with Gasteiger partial charge in [-0.15, -0.1) is 0 Å². The van der Waals surface area contributed by atoms with Gasteiger partial charge in [0.2, 0.25) is 0 Å². The molecule has 1 aliphatic rings. The van der Waals surface area contributed by atoms with Crippen molar-refractivity contribution in [3.63, 3.8) is 0 Å². The molecule has 0 atom stereocenters. The van der Waals surface area contributed by atoms with Crippen LogP contribution in [0.1, 0.15) is 25.5 Å². The molecule has 1 aliphatic heterocycles. The van der Waals surface area contributed by atoms with Crippen LogP contribution in [0.5, 0.6) is 0 Å². The van der Waals surface area contributed by atoms with Crippen LogP contribution in [0.4, 0.5) is 0 Å². The zero-order valence-corrected chi connectivity index (χ0v) is 13.1. The summed E-state index contributed by atoms with van der Waals surface area (Å²) in [7, 11) is 0. The van der Waals surface area contributed by atoms with Gasteiger partial charge in [0.15, 0.2) is 0 Å². The fourth-order valence-electron chi connectivity index (χ4n) is 2.77. The third kappa shape index (κ3) is 3.57. The van der Waals surface area contributed by atoms with E-state index in [0.29, 0.717) is 0 Å². The van der Waals surface area contributed by atoms with Gasteiger partial charge < -0.3 is 9.53 Å². The molecule has 0 saturated carbocycles. The van der Waals surface area contributed by atoms with Crippen LogP contribution >= 0.6 is 0 Å². The lowest BCUT2D eigenvalue weighted by atomic mass is 10.1. The highest BCUT2D eigenvalue weighted by Gasteiger charge is 2.15. The first-order valence-corrected chi connectivity index (χ1v) is 8.06. The smallest absolute Gasteiger partial charge is 0.137 e. The van der Waals surface area contributed by atoms with E-state index in [9.17, 15) is 0 Å². The second kappa shape index (κ2) is 7.27. The van der Waals surface area contributed by atoms with Gasteiger partial charge in [0, 0.05) is 43.9 Å². The van der Waals surface area contributed by atoms with Crippen LogP contribution in [0.2, 0.25) is 0 Å². The van der Waals surface area contributed by atoms with E-state index in [2.05, 4.69) is 52.6 Å². The Kier molecular flexibility index (Phi) is 4.91. The summed E-state index contributed by atoms with van der Waals surface area (Å²) in [6, 6.07) is 12.2. The lowest BCUT2D eigenvalue weighted by Crippen LogP contribution is -2.36. The van der Waals surface area contributed by atoms with Gasteiger partial charge >= 0.3 is 0 Å². The number of hydrogen-bond acceptors (Lipinski definition) is 4. The Morgan fingerprint density at radius 2 is 2.05 bits per heavy atom. The number of hydrogen-bond donors (Lipinski definition) is 0. The van der Waals surface area contributed by atoms with E-state index in [1.807, 2.05) is 18.2 Å². The van der Waals surface area contributed by atoms with Crippen LogP contribution in [0.25, 0.3) is 11.3 Å². The van der Waals surface area contributed by atoms with Gasteiger partial charge in [0.1, 0.15) is 11.5 Å². The molecule has 0 amide bonds. The average Bonchev–Trinajstić information content (AvgIpc) is 3.19. The zero-order valence-electron chi connectivity index (χ0n) is 13.1. The monoisotopic (exact) mass is 297 g/mol. The van der Waals surface area contributed by atoms with Gasteiger partial charge in [0.25, 0.3) is 0 Å². The van der Waals surface area contributed by atoms with Crippen LogP contribution in [0.15, 0.2) is 53.2 Å². The highest BCUT2D eigenvalue weighted by Crippen LogP contribution is 2.19. The van der Waals surface area contributed by atoms with Gasteiger partial charge in [0.05, 0.1) is 0 Å². The third-order valence-electron chi connectivity index (χ3n) is 3.88. The van der Waals surface area contributed by atoms with E-state index in [4.69, 9.17) is 4.52 Å². The van der Waals surface area contributed by atoms with Crippen LogP contribution in [0, 0.1) is 0 Å². The molecule has 3 rings (SSSR count). The maximum absolute atomic E-state index is 5.46. The molecule has 116 valence electrons. The third-order valence-corrected chi connectivity index (χ3v) is 3.88. The maximum atomic E-state index is 5.46. The summed E-state index contributed by atoms with van der Waals surface area (Å²) in [6.45, 7) is 5.38. The van der Waals surface area contributed by atoms with Crippen molar-refractivity contribution in [1.82, 2.24) is 15.2 Å². The summed E-state index contributed by atoms with van der Waals surface area (Å²) in [4.78, 5) is 0. The Bertz CT molecular complexity index is 606. The van der Waals surface area contributed by atoms with Crippen molar-refractivity contribution < 1.29 is 4.52 Å². The molecule has 0 fully saturated rings. The summed E-state index contributed by atoms with van der Waals surface area (Å²) < 4.78 is 5.46. The highest BCUT2D eigenvalue weighted by molar-refractivity contribution is 5.58. The summed E-state index contributed by atoms with van der Waals surface area (Å²) in [5, 5.41) is 8.87. The van der Waals surface area contributed by atoms with Crippen molar-refractivity contribution in [2.45, 2.75) is 26.2 Å². The molecule has 0 spiro atoms. The maximum Gasteiger partial charge on any atom is 0.137 e. The second-order valence-corrected chi connectivity index (χ2v) is 5.61. The number of benzene rings is 1. The average molecular weight is 297 g/mol. The van der Waals surface area contributed by atoms with Gasteiger partial charge in [-0.1, -0.05) is 48.5 Å². The van der Waals surface area contributed by atoms with E-state index in [1.165, 1.54) is 6.42 Å². The van der Waals surface area contributed by atoms with Crippen LogP contribution < -0.4 is 0 Å². The Morgan fingerprint density at radius 1 is 1.18 bits per heavy atom. The number of nitrogens with zero attached hydrogens (tertiary/aromatic N) is 3. The van der Waals surface area contributed by atoms with Gasteiger partial charge in [-0.2, -0.15) is 0 Å². The molecule has 0 unspecified atom stereocenters. The van der Waals surface area contributed by atoms with Crippen molar-refractivity contribution >= 4 is 0 Å². The molecule has 2 heterocycles. The minimum absolute atomic E-state index is 0.922. The standard InChI is InChI=1S/C18H23N3O/c1-2-11-20-13-7-14-21(20)12-6-10-17-15-18(19-22-17)16-8-4-3-5-9-16/h3-5,7-9,13,15H,2,6,10-12,14H2,1H3. The Morgan fingerprint density at radius 3 is 2.86 bits per heavy atom. The fourth-order valence-corrected chi connectivity index (χ4v) is 2.77. The first-order valence-electron chi connectivity index (χ1n) is 8.06. The molecule has 1 aromatic heterocycles. The van der Waals surface area contributed by atoms with E-state index in [-0.39, 0.29) is 0 Å². The predicted molar refractivity (Wildman–Crippen MR) is 88.0 cm³/mol. The number of aryl methyl sites for hydroxylation is 1. The second-order valence-electron chi connectivity index (χ2n) is 5.61. The number of hydrazine groups is 1. The van der Waals surface area contributed by atoms with Crippen LogP contribution in [-0.4, -0.2) is 34.8 Å². The molecule has 0 radical (unpaired) electrons. The van der Waals surface area contributed by atoms with Gasteiger partial charge in [-0.05, 0) is 12.8 Å². The quantitative estimate of drug-likeness (QED) is 0.779. The Balaban J connectivity index is 1.49. The normalized spacial score (nSPS) is 14.9. The molecule has 22 heavy (non-hydrogen) atoms. The molecule has 4 heteroatoms.